The van der Waals surface area contributed by atoms with E-state index in [1.165, 1.54) is 6.08 Å². The fraction of sp³-hybridized carbons (Fsp3) is 0.333. The first-order chi connectivity index (χ1) is 7.22. The van der Waals surface area contributed by atoms with Crippen molar-refractivity contribution in [1.82, 2.24) is 0 Å². The maximum atomic E-state index is 9.56. The Kier molecular flexibility index (Phi) is 4.18. The summed E-state index contributed by atoms with van der Waals surface area (Å²) in [5.74, 6) is 1.30. The standard InChI is InChI=1S/C12H16O3/c1-4-10(13)9-6-7-11(15-5-2)12(8-9)14-3/h4,6-8,10,13H,1,5H2,2-3H3. The minimum absolute atomic E-state index is 0.583. The van der Waals surface area contributed by atoms with E-state index in [-0.39, 0.29) is 0 Å². The van der Waals surface area contributed by atoms with Gasteiger partial charge in [0, 0.05) is 0 Å². The van der Waals surface area contributed by atoms with Crippen LogP contribution in [-0.2, 0) is 0 Å². The number of ether oxygens (including phenoxy) is 2. The molecule has 82 valence electrons. The van der Waals surface area contributed by atoms with Gasteiger partial charge in [0.2, 0.25) is 0 Å². The van der Waals surface area contributed by atoms with Gasteiger partial charge in [-0.15, -0.1) is 6.58 Å². The normalized spacial score (nSPS) is 11.9. The van der Waals surface area contributed by atoms with Crippen LogP contribution in [0.3, 0.4) is 0 Å². The lowest BCUT2D eigenvalue weighted by Gasteiger charge is -2.12. The SMILES string of the molecule is C=CC(O)c1ccc(OCC)c(OC)c1. The molecule has 3 nitrogen and oxygen atoms in total. The van der Waals surface area contributed by atoms with Crippen molar-refractivity contribution in [2.24, 2.45) is 0 Å². The highest BCUT2D eigenvalue weighted by Gasteiger charge is 2.08. The van der Waals surface area contributed by atoms with Gasteiger partial charge in [-0.3, -0.25) is 0 Å². The molecule has 1 unspecified atom stereocenters. The van der Waals surface area contributed by atoms with Gasteiger partial charge in [-0.25, -0.2) is 0 Å². The first-order valence-electron chi connectivity index (χ1n) is 4.84. The van der Waals surface area contributed by atoms with Crippen molar-refractivity contribution in [3.05, 3.63) is 36.4 Å². The molecule has 0 aromatic heterocycles. The molecule has 0 aliphatic heterocycles. The predicted octanol–water partition coefficient (Wildman–Crippen LogP) is 2.31. The molecule has 0 bridgehead atoms. The molecule has 1 aromatic rings. The van der Waals surface area contributed by atoms with Crippen LogP contribution in [0.4, 0.5) is 0 Å². The molecule has 0 amide bonds. The zero-order chi connectivity index (χ0) is 11.3. The third-order valence-corrected chi connectivity index (χ3v) is 2.05. The van der Waals surface area contributed by atoms with E-state index in [9.17, 15) is 5.11 Å². The quantitative estimate of drug-likeness (QED) is 0.755. The van der Waals surface area contributed by atoms with Crippen molar-refractivity contribution in [3.8, 4) is 11.5 Å². The van der Waals surface area contributed by atoms with Gasteiger partial charge in [0.05, 0.1) is 19.8 Å². The average Bonchev–Trinajstić information content (AvgIpc) is 2.29. The molecule has 0 fully saturated rings. The number of rotatable bonds is 5. The molecule has 0 saturated carbocycles. The molecule has 0 spiro atoms. The highest BCUT2D eigenvalue weighted by Crippen LogP contribution is 2.30. The van der Waals surface area contributed by atoms with E-state index in [4.69, 9.17) is 9.47 Å². The summed E-state index contributed by atoms with van der Waals surface area (Å²) in [6.07, 6.45) is 0.796. The largest absolute Gasteiger partial charge is 0.493 e. The lowest BCUT2D eigenvalue weighted by molar-refractivity contribution is 0.228. The van der Waals surface area contributed by atoms with Crippen molar-refractivity contribution in [2.45, 2.75) is 13.0 Å². The summed E-state index contributed by atoms with van der Waals surface area (Å²) < 4.78 is 10.5. The minimum atomic E-state index is -0.672. The summed E-state index contributed by atoms with van der Waals surface area (Å²) in [7, 11) is 1.57. The van der Waals surface area contributed by atoms with Crippen LogP contribution >= 0.6 is 0 Å². The molecule has 0 aliphatic rings. The fourth-order valence-corrected chi connectivity index (χ4v) is 1.28. The molecular formula is C12H16O3. The Bertz CT molecular complexity index is 334. The number of hydrogen-bond acceptors (Lipinski definition) is 3. The maximum absolute atomic E-state index is 9.56. The Hall–Kier alpha value is -1.48. The summed E-state index contributed by atoms with van der Waals surface area (Å²) in [5, 5.41) is 9.56. The van der Waals surface area contributed by atoms with Crippen LogP contribution in [0.5, 0.6) is 11.5 Å². The van der Waals surface area contributed by atoms with Crippen molar-refractivity contribution in [2.75, 3.05) is 13.7 Å². The number of hydrogen-bond donors (Lipinski definition) is 1. The topological polar surface area (TPSA) is 38.7 Å². The van der Waals surface area contributed by atoms with Gasteiger partial charge < -0.3 is 14.6 Å². The van der Waals surface area contributed by atoms with Gasteiger partial charge in [-0.05, 0) is 24.6 Å². The first-order valence-corrected chi connectivity index (χ1v) is 4.84. The summed E-state index contributed by atoms with van der Waals surface area (Å²) in [5.41, 5.74) is 0.741. The zero-order valence-corrected chi connectivity index (χ0v) is 9.06. The van der Waals surface area contributed by atoms with Crippen molar-refractivity contribution < 1.29 is 14.6 Å². The molecule has 0 saturated heterocycles. The number of benzene rings is 1. The average molecular weight is 208 g/mol. The van der Waals surface area contributed by atoms with Crippen LogP contribution in [0.2, 0.25) is 0 Å². The Balaban J connectivity index is 3.01. The molecule has 1 N–H and O–H groups in total. The van der Waals surface area contributed by atoms with Gasteiger partial charge in [0.25, 0.3) is 0 Å². The second-order valence-corrected chi connectivity index (χ2v) is 3.02. The van der Waals surface area contributed by atoms with Crippen LogP contribution in [-0.4, -0.2) is 18.8 Å². The van der Waals surface area contributed by atoms with Gasteiger partial charge in [0.15, 0.2) is 11.5 Å². The molecular weight excluding hydrogens is 192 g/mol. The predicted molar refractivity (Wildman–Crippen MR) is 59.3 cm³/mol. The number of aliphatic hydroxyl groups excluding tert-OH is 1. The molecule has 0 radical (unpaired) electrons. The Morgan fingerprint density at radius 1 is 1.47 bits per heavy atom. The number of methoxy groups -OCH3 is 1. The molecule has 1 atom stereocenters. The monoisotopic (exact) mass is 208 g/mol. The molecule has 3 heteroatoms. The van der Waals surface area contributed by atoms with E-state index in [0.717, 1.165) is 5.56 Å². The highest BCUT2D eigenvalue weighted by atomic mass is 16.5. The van der Waals surface area contributed by atoms with Crippen molar-refractivity contribution in [1.29, 1.82) is 0 Å². The highest BCUT2D eigenvalue weighted by molar-refractivity contribution is 5.44. The van der Waals surface area contributed by atoms with E-state index >= 15 is 0 Å². The Morgan fingerprint density at radius 3 is 2.73 bits per heavy atom. The van der Waals surface area contributed by atoms with E-state index in [1.807, 2.05) is 6.92 Å². The molecule has 1 aromatic carbocycles. The van der Waals surface area contributed by atoms with E-state index in [0.29, 0.717) is 18.1 Å². The summed E-state index contributed by atoms with van der Waals surface area (Å²) >= 11 is 0. The third kappa shape index (κ3) is 2.73. The van der Waals surface area contributed by atoms with Crippen LogP contribution in [0.15, 0.2) is 30.9 Å². The smallest absolute Gasteiger partial charge is 0.161 e. The van der Waals surface area contributed by atoms with E-state index in [2.05, 4.69) is 6.58 Å². The Morgan fingerprint density at radius 2 is 2.20 bits per heavy atom. The van der Waals surface area contributed by atoms with Crippen LogP contribution in [0, 0.1) is 0 Å². The van der Waals surface area contributed by atoms with Gasteiger partial charge in [-0.1, -0.05) is 12.1 Å². The van der Waals surface area contributed by atoms with E-state index in [1.54, 1.807) is 25.3 Å². The minimum Gasteiger partial charge on any atom is -0.493 e. The number of aliphatic hydroxyl groups is 1. The van der Waals surface area contributed by atoms with Gasteiger partial charge in [-0.2, -0.15) is 0 Å². The Labute approximate surface area is 90.0 Å². The summed E-state index contributed by atoms with van der Waals surface area (Å²) in [6, 6.07) is 5.32. The zero-order valence-electron chi connectivity index (χ0n) is 9.06. The molecule has 15 heavy (non-hydrogen) atoms. The lowest BCUT2D eigenvalue weighted by atomic mass is 10.1. The van der Waals surface area contributed by atoms with Crippen LogP contribution in [0.25, 0.3) is 0 Å². The molecule has 0 aliphatic carbocycles. The van der Waals surface area contributed by atoms with E-state index < -0.39 is 6.10 Å². The van der Waals surface area contributed by atoms with Crippen LogP contribution < -0.4 is 9.47 Å². The van der Waals surface area contributed by atoms with Crippen molar-refractivity contribution in [3.63, 3.8) is 0 Å². The first kappa shape index (κ1) is 11.6. The van der Waals surface area contributed by atoms with Crippen LogP contribution in [0.1, 0.15) is 18.6 Å². The van der Waals surface area contributed by atoms with Gasteiger partial charge in [0.1, 0.15) is 0 Å². The molecule has 1 rings (SSSR count). The second kappa shape index (κ2) is 5.41. The summed E-state index contributed by atoms with van der Waals surface area (Å²) in [4.78, 5) is 0. The second-order valence-electron chi connectivity index (χ2n) is 3.02. The summed E-state index contributed by atoms with van der Waals surface area (Å²) in [6.45, 7) is 6.02. The fourth-order valence-electron chi connectivity index (χ4n) is 1.28. The molecule has 0 heterocycles. The third-order valence-electron chi connectivity index (χ3n) is 2.05. The van der Waals surface area contributed by atoms with Crippen molar-refractivity contribution >= 4 is 0 Å². The lowest BCUT2D eigenvalue weighted by Crippen LogP contribution is -1.98. The van der Waals surface area contributed by atoms with Gasteiger partial charge >= 0.3 is 0 Å². The maximum Gasteiger partial charge on any atom is 0.161 e.